The lowest BCUT2D eigenvalue weighted by molar-refractivity contribution is 0.0451. The molecule has 0 amide bonds. The van der Waals surface area contributed by atoms with Crippen LogP contribution in [0.4, 0.5) is 0 Å². The van der Waals surface area contributed by atoms with Crippen molar-refractivity contribution in [3.05, 3.63) is 21.4 Å². The lowest BCUT2D eigenvalue weighted by atomic mass is 10.1. The molecule has 1 N–H and O–H groups in total. The van der Waals surface area contributed by atoms with E-state index in [-0.39, 0.29) is 6.10 Å². The summed E-state index contributed by atoms with van der Waals surface area (Å²) in [4.78, 5) is 2.92. The first-order valence-corrected chi connectivity index (χ1v) is 5.48. The van der Waals surface area contributed by atoms with Crippen LogP contribution in [0.1, 0.15) is 21.4 Å². The fourth-order valence-electron chi connectivity index (χ4n) is 1.79. The smallest absolute Gasteiger partial charge is 0.0960 e. The Morgan fingerprint density at radius 2 is 2.54 bits per heavy atom. The molecule has 2 nitrogen and oxygen atoms in total. The first-order valence-electron chi connectivity index (χ1n) is 4.66. The summed E-state index contributed by atoms with van der Waals surface area (Å²) < 4.78 is 5.70. The summed E-state index contributed by atoms with van der Waals surface area (Å²) in [6.45, 7) is 3.96. The van der Waals surface area contributed by atoms with Gasteiger partial charge in [-0.1, -0.05) is 0 Å². The van der Waals surface area contributed by atoms with Crippen LogP contribution < -0.4 is 5.32 Å². The van der Waals surface area contributed by atoms with E-state index in [0.29, 0.717) is 0 Å². The third kappa shape index (κ3) is 1.77. The molecule has 0 aromatic carbocycles. The maximum absolute atomic E-state index is 5.70. The summed E-state index contributed by atoms with van der Waals surface area (Å²) in [7, 11) is 1.97. The molecule has 0 radical (unpaired) electrons. The quantitative estimate of drug-likeness (QED) is 0.781. The fraction of sp³-hybridized carbons (Fsp3) is 0.600. The van der Waals surface area contributed by atoms with Gasteiger partial charge in [-0.25, -0.2) is 0 Å². The average Bonchev–Trinajstić information content (AvgIpc) is 2.47. The van der Waals surface area contributed by atoms with E-state index in [4.69, 9.17) is 4.74 Å². The van der Waals surface area contributed by atoms with Gasteiger partial charge in [-0.15, -0.1) is 11.3 Å². The van der Waals surface area contributed by atoms with Gasteiger partial charge < -0.3 is 10.1 Å². The predicted octanol–water partition coefficient (Wildman–Crippen LogP) is 1.89. The molecule has 0 aliphatic carbocycles. The molecule has 72 valence electrons. The second-order valence-electron chi connectivity index (χ2n) is 3.40. The van der Waals surface area contributed by atoms with Crippen molar-refractivity contribution < 1.29 is 4.74 Å². The Morgan fingerprint density at radius 3 is 3.31 bits per heavy atom. The van der Waals surface area contributed by atoms with E-state index < -0.39 is 0 Å². The SMILES string of the molecule is CNCC1OCCc2sc(C)cc21. The molecule has 1 unspecified atom stereocenters. The van der Waals surface area contributed by atoms with Crippen LogP contribution in [0.3, 0.4) is 0 Å². The Bertz CT molecular complexity index is 295. The van der Waals surface area contributed by atoms with E-state index in [1.807, 2.05) is 18.4 Å². The van der Waals surface area contributed by atoms with Gasteiger partial charge in [0.2, 0.25) is 0 Å². The molecule has 0 saturated heterocycles. The zero-order valence-corrected chi connectivity index (χ0v) is 8.91. The molecular formula is C10H15NOS. The van der Waals surface area contributed by atoms with Gasteiger partial charge in [0.15, 0.2) is 0 Å². The van der Waals surface area contributed by atoms with Crippen LogP contribution in [-0.4, -0.2) is 20.2 Å². The molecule has 0 bridgehead atoms. The van der Waals surface area contributed by atoms with Crippen LogP contribution in [-0.2, 0) is 11.2 Å². The standard InChI is InChI=1S/C10H15NOS/c1-7-5-8-9(6-11-2)12-4-3-10(8)13-7/h5,9,11H,3-4,6H2,1-2H3. The number of fused-ring (bicyclic) bond motifs is 1. The number of nitrogens with one attached hydrogen (secondary N) is 1. The molecule has 0 fully saturated rings. The van der Waals surface area contributed by atoms with Gasteiger partial charge in [-0.2, -0.15) is 0 Å². The van der Waals surface area contributed by atoms with Crippen LogP contribution in [0.2, 0.25) is 0 Å². The minimum absolute atomic E-state index is 0.277. The first kappa shape index (κ1) is 9.19. The average molecular weight is 197 g/mol. The van der Waals surface area contributed by atoms with E-state index in [0.717, 1.165) is 19.6 Å². The van der Waals surface area contributed by atoms with Crippen LogP contribution in [0.5, 0.6) is 0 Å². The van der Waals surface area contributed by atoms with Gasteiger partial charge in [0, 0.05) is 22.7 Å². The molecule has 0 saturated carbocycles. The zero-order chi connectivity index (χ0) is 9.26. The molecule has 1 aromatic rings. The highest BCUT2D eigenvalue weighted by molar-refractivity contribution is 7.12. The zero-order valence-electron chi connectivity index (χ0n) is 8.09. The molecule has 1 aromatic heterocycles. The van der Waals surface area contributed by atoms with Crippen molar-refractivity contribution in [1.82, 2.24) is 5.32 Å². The summed E-state index contributed by atoms with van der Waals surface area (Å²) in [5.41, 5.74) is 1.41. The number of hydrogen-bond acceptors (Lipinski definition) is 3. The molecule has 1 aliphatic heterocycles. The lowest BCUT2D eigenvalue weighted by Crippen LogP contribution is -2.24. The Labute approximate surface area is 82.9 Å². The van der Waals surface area contributed by atoms with Crippen molar-refractivity contribution >= 4 is 11.3 Å². The number of ether oxygens (including phenoxy) is 1. The van der Waals surface area contributed by atoms with E-state index in [9.17, 15) is 0 Å². The van der Waals surface area contributed by atoms with Crippen molar-refractivity contribution in [3.63, 3.8) is 0 Å². The number of thiophene rings is 1. The predicted molar refractivity (Wildman–Crippen MR) is 55.4 cm³/mol. The van der Waals surface area contributed by atoms with E-state index in [2.05, 4.69) is 18.3 Å². The van der Waals surface area contributed by atoms with Gasteiger partial charge in [0.1, 0.15) is 0 Å². The molecule has 13 heavy (non-hydrogen) atoms. The van der Waals surface area contributed by atoms with Crippen LogP contribution in [0.15, 0.2) is 6.07 Å². The topological polar surface area (TPSA) is 21.3 Å². The third-order valence-electron chi connectivity index (χ3n) is 2.35. The first-order chi connectivity index (χ1) is 6.31. The Hall–Kier alpha value is -0.380. The van der Waals surface area contributed by atoms with Gasteiger partial charge in [-0.05, 0) is 25.6 Å². The molecule has 0 spiro atoms. The molecule has 3 heteroatoms. The number of rotatable bonds is 2. The molecule has 2 heterocycles. The molecule has 1 aliphatic rings. The summed E-state index contributed by atoms with van der Waals surface area (Å²) in [6, 6.07) is 2.27. The van der Waals surface area contributed by atoms with Gasteiger partial charge in [0.25, 0.3) is 0 Å². The fourth-order valence-corrected chi connectivity index (χ4v) is 2.86. The second-order valence-corrected chi connectivity index (χ2v) is 4.74. The maximum atomic E-state index is 5.70. The summed E-state index contributed by atoms with van der Waals surface area (Å²) in [6.07, 6.45) is 1.37. The van der Waals surface area contributed by atoms with Crippen molar-refractivity contribution in [2.24, 2.45) is 0 Å². The van der Waals surface area contributed by atoms with E-state index in [1.165, 1.54) is 15.3 Å². The van der Waals surface area contributed by atoms with Crippen LogP contribution >= 0.6 is 11.3 Å². The Kier molecular flexibility index (Phi) is 2.67. The van der Waals surface area contributed by atoms with Gasteiger partial charge in [0.05, 0.1) is 12.7 Å². The van der Waals surface area contributed by atoms with Gasteiger partial charge >= 0.3 is 0 Å². The number of hydrogen-bond donors (Lipinski definition) is 1. The molecule has 2 rings (SSSR count). The van der Waals surface area contributed by atoms with Crippen molar-refractivity contribution in [2.45, 2.75) is 19.4 Å². The minimum atomic E-state index is 0.277. The monoisotopic (exact) mass is 197 g/mol. The number of aryl methyl sites for hydroxylation is 1. The van der Waals surface area contributed by atoms with E-state index >= 15 is 0 Å². The van der Waals surface area contributed by atoms with Crippen molar-refractivity contribution in [3.8, 4) is 0 Å². The highest BCUT2D eigenvalue weighted by Gasteiger charge is 2.21. The van der Waals surface area contributed by atoms with Crippen LogP contribution in [0, 0.1) is 6.92 Å². The third-order valence-corrected chi connectivity index (χ3v) is 3.48. The second kappa shape index (κ2) is 3.78. The molecular weight excluding hydrogens is 182 g/mol. The Morgan fingerprint density at radius 1 is 1.69 bits per heavy atom. The highest BCUT2D eigenvalue weighted by atomic mass is 32.1. The summed E-state index contributed by atoms with van der Waals surface area (Å²) >= 11 is 1.91. The van der Waals surface area contributed by atoms with E-state index in [1.54, 1.807) is 0 Å². The summed E-state index contributed by atoms with van der Waals surface area (Å²) in [5, 5.41) is 3.17. The summed E-state index contributed by atoms with van der Waals surface area (Å²) in [5.74, 6) is 0. The molecule has 1 atom stereocenters. The van der Waals surface area contributed by atoms with Crippen molar-refractivity contribution in [1.29, 1.82) is 0 Å². The number of likely N-dealkylation sites (N-methyl/N-ethyl adjacent to an activating group) is 1. The van der Waals surface area contributed by atoms with Crippen molar-refractivity contribution in [2.75, 3.05) is 20.2 Å². The largest absolute Gasteiger partial charge is 0.372 e. The van der Waals surface area contributed by atoms with Gasteiger partial charge in [-0.3, -0.25) is 0 Å². The van der Waals surface area contributed by atoms with Crippen LogP contribution in [0.25, 0.3) is 0 Å². The maximum Gasteiger partial charge on any atom is 0.0960 e. The highest BCUT2D eigenvalue weighted by Crippen LogP contribution is 2.32. The minimum Gasteiger partial charge on any atom is -0.372 e. The lowest BCUT2D eigenvalue weighted by Gasteiger charge is -2.22. The Balaban J connectivity index is 2.25. The normalized spacial score (nSPS) is 21.5.